The molecule has 0 fully saturated rings. The van der Waals surface area contributed by atoms with Crippen LogP contribution in [-0.2, 0) is 28.5 Å². The number of ether oxygens (including phenoxy) is 4. The van der Waals surface area contributed by atoms with Gasteiger partial charge in [-0.3, -0.25) is 14.5 Å². The van der Waals surface area contributed by atoms with Crippen LogP contribution in [0.25, 0.3) is 0 Å². The number of hydrogen-bond donors (Lipinski definition) is 0. The molecule has 9 nitrogen and oxygen atoms in total. The zero-order valence-electron chi connectivity index (χ0n) is 37.9. The topological polar surface area (TPSA) is 94.6 Å². The Morgan fingerprint density at radius 1 is 0.429 bits per heavy atom. The minimum absolute atomic E-state index is 0.0127. The molecule has 0 aromatic carbocycles. The summed E-state index contributed by atoms with van der Waals surface area (Å²) >= 11 is 0. The predicted molar refractivity (Wildman–Crippen MR) is 233 cm³/mol. The number of esters is 2. The molecular weight excluding hydrogens is 705 g/mol. The molecule has 56 heavy (non-hydrogen) atoms. The molecule has 0 aromatic heterocycles. The van der Waals surface area contributed by atoms with Gasteiger partial charge in [-0.2, -0.15) is 0 Å². The number of hydrogen-bond acceptors (Lipinski definition) is 9. The Morgan fingerprint density at radius 2 is 0.893 bits per heavy atom. The first-order valence-corrected chi connectivity index (χ1v) is 23.9. The van der Waals surface area contributed by atoms with E-state index >= 15 is 0 Å². The quantitative estimate of drug-likeness (QED) is 0.0340. The number of nitrogens with zero attached hydrogens (tertiary/aromatic N) is 2. The van der Waals surface area contributed by atoms with Gasteiger partial charge in [0, 0.05) is 19.5 Å². The first-order chi connectivity index (χ1) is 27.3. The van der Waals surface area contributed by atoms with Crippen LogP contribution in [0.4, 0.5) is 4.79 Å². The highest BCUT2D eigenvalue weighted by atomic mass is 16.7. The molecule has 9 heteroatoms. The fourth-order valence-corrected chi connectivity index (χ4v) is 7.25. The van der Waals surface area contributed by atoms with E-state index in [4.69, 9.17) is 18.9 Å². The Labute approximate surface area is 346 Å². The van der Waals surface area contributed by atoms with Crippen molar-refractivity contribution in [2.75, 3.05) is 59.1 Å². The predicted octanol–water partition coefficient (Wildman–Crippen LogP) is 12.5. The molecule has 0 rings (SSSR count). The lowest BCUT2D eigenvalue weighted by Gasteiger charge is -2.25. The summed E-state index contributed by atoms with van der Waals surface area (Å²) in [5, 5.41) is 0. The minimum atomic E-state index is -0.622. The van der Waals surface area contributed by atoms with Gasteiger partial charge in [0.05, 0.1) is 12.5 Å². The van der Waals surface area contributed by atoms with Gasteiger partial charge in [0.2, 0.25) is 0 Å². The van der Waals surface area contributed by atoms with E-state index in [-0.39, 0.29) is 30.6 Å². The first kappa shape index (κ1) is 54.1. The molecule has 0 saturated carbocycles. The standard InChI is InChI=1S/C47H92N2O7/c1-7-13-17-21-24-31-43(32-25-22-18-14-8-2)46(51)54-41-38-49(37-30-36-48(11-5)12-6)39-42-55-47(52)56-44(33-26-20-16-10-4)34-27-28-35-45(50)53-40-29-23-19-15-9-3/h43-44H,7-42H2,1-6H3. The lowest BCUT2D eigenvalue weighted by molar-refractivity contribution is -0.149. The van der Waals surface area contributed by atoms with Crippen LogP contribution in [0.2, 0.25) is 0 Å². The maximum Gasteiger partial charge on any atom is 0.508 e. The normalized spacial score (nSPS) is 12.1. The molecule has 0 N–H and O–H groups in total. The van der Waals surface area contributed by atoms with Gasteiger partial charge < -0.3 is 23.8 Å². The van der Waals surface area contributed by atoms with Crippen LogP contribution in [0.3, 0.4) is 0 Å². The van der Waals surface area contributed by atoms with Crippen molar-refractivity contribution in [2.45, 2.75) is 221 Å². The molecular formula is C47H92N2O7. The molecule has 0 aliphatic heterocycles. The molecule has 0 heterocycles. The summed E-state index contributed by atoms with van der Waals surface area (Å²) in [6, 6.07) is 0. The molecule has 0 bridgehead atoms. The molecule has 0 radical (unpaired) electrons. The summed E-state index contributed by atoms with van der Waals surface area (Å²) in [6.07, 6.45) is 27.5. The van der Waals surface area contributed by atoms with Crippen LogP contribution >= 0.6 is 0 Å². The van der Waals surface area contributed by atoms with Crippen LogP contribution in [0.5, 0.6) is 0 Å². The van der Waals surface area contributed by atoms with E-state index in [1.165, 1.54) is 77.0 Å². The van der Waals surface area contributed by atoms with Crippen molar-refractivity contribution >= 4 is 18.1 Å². The fourth-order valence-electron chi connectivity index (χ4n) is 7.25. The van der Waals surface area contributed by atoms with Gasteiger partial charge in [-0.25, -0.2) is 4.79 Å². The van der Waals surface area contributed by atoms with Gasteiger partial charge in [0.25, 0.3) is 0 Å². The Morgan fingerprint density at radius 3 is 1.45 bits per heavy atom. The number of rotatable bonds is 42. The number of carbonyl (C=O) groups excluding carboxylic acids is 3. The Kier molecular flexibility index (Phi) is 39.9. The lowest BCUT2D eigenvalue weighted by atomic mass is 9.94. The van der Waals surface area contributed by atoms with Crippen LogP contribution in [0, 0.1) is 5.92 Å². The highest BCUT2D eigenvalue weighted by Gasteiger charge is 2.21. The van der Waals surface area contributed by atoms with E-state index < -0.39 is 6.16 Å². The zero-order chi connectivity index (χ0) is 41.3. The van der Waals surface area contributed by atoms with E-state index in [9.17, 15) is 14.4 Å². The van der Waals surface area contributed by atoms with Crippen molar-refractivity contribution in [1.82, 2.24) is 9.80 Å². The summed E-state index contributed by atoms with van der Waals surface area (Å²) in [5.74, 6) is -0.188. The second-order valence-corrected chi connectivity index (χ2v) is 16.1. The van der Waals surface area contributed by atoms with Crippen molar-refractivity contribution in [3.8, 4) is 0 Å². The molecule has 332 valence electrons. The molecule has 0 spiro atoms. The van der Waals surface area contributed by atoms with Crippen LogP contribution in [0.1, 0.15) is 215 Å². The summed E-state index contributed by atoms with van der Waals surface area (Å²) in [7, 11) is 0. The Bertz CT molecular complexity index is 871. The Balaban J connectivity index is 5.04. The van der Waals surface area contributed by atoms with Crippen molar-refractivity contribution in [3.05, 3.63) is 0 Å². The average Bonchev–Trinajstić information content (AvgIpc) is 3.19. The third-order valence-corrected chi connectivity index (χ3v) is 11.1. The van der Waals surface area contributed by atoms with Crippen LogP contribution in [0.15, 0.2) is 0 Å². The van der Waals surface area contributed by atoms with Gasteiger partial charge >= 0.3 is 18.1 Å². The smallest absolute Gasteiger partial charge is 0.466 e. The monoisotopic (exact) mass is 797 g/mol. The third kappa shape index (κ3) is 34.2. The van der Waals surface area contributed by atoms with E-state index in [0.717, 1.165) is 110 Å². The fraction of sp³-hybridized carbons (Fsp3) is 0.936. The molecule has 0 aromatic rings. The highest BCUT2D eigenvalue weighted by Crippen LogP contribution is 2.21. The number of unbranched alkanes of at least 4 members (excludes halogenated alkanes) is 16. The molecule has 0 saturated heterocycles. The molecule has 0 aliphatic rings. The van der Waals surface area contributed by atoms with E-state index in [2.05, 4.69) is 51.3 Å². The first-order valence-electron chi connectivity index (χ1n) is 23.9. The van der Waals surface area contributed by atoms with Crippen molar-refractivity contribution in [3.63, 3.8) is 0 Å². The molecule has 1 atom stereocenters. The summed E-state index contributed by atoms with van der Waals surface area (Å²) in [6.45, 7) is 19.4. The largest absolute Gasteiger partial charge is 0.508 e. The zero-order valence-corrected chi connectivity index (χ0v) is 37.9. The summed E-state index contributed by atoms with van der Waals surface area (Å²) < 4.78 is 22.8. The third-order valence-electron chi connectivity index (χ3n) is 11.1. The summed E-state index contributed by atoms with van der Waals surface area (Å²) in [5.41, 5.74) is 0. The van der Waals surface area contributed by atoms with E-state index in [0.29, 0.717) is 39.1 Å². The minimum Gasteiger partial charge on any atom is -0.466 e. The van der Waals surface area contributed by atoms with Gasteiger partial charge in [-0.15, -0.1) is 0 Å². The van der Waals surface area contributed by atoms with Crippen LogP contribution < -0.4 is 0 Å². The van der Waals surface area contributed by atoms with Crippen molar-refractivity contribution < 1.29 is 33.3 Å². The second kappa shape index (κ2) is 41.3. The lowest BCUT2D eigenvalue weighted by Crippen LogP contribution is -2.35. The van der Waals surface area contributed by atoms with E-state index in [1.807, 2.05) is 0 Å². The molecule has 1 unspecified atom stereocenters. The maximum atomic E-state index is 13.3. The van der Waals surface area contributed by atoms with Crippen molar-refractivity contribution in [1.29, 1.82) is 0 Å². The van der Waals surface area contributed by atoms with Gasteiger partial charge in [-0.1, -0.05) is 151 Å². The van der Waals surface area contributed by atoms with Gasteiger partial charge in [-0.05, 0) is 84.0 Å². The van der Waals surface area contributed by atoms with Gasteiger partial charge in [0.15, 0.2) is 0 Å². The SMILES string of the molecule is CCCCCCCOC(=O)CCCCC(CCCCCC)OC(=O)OCCN(CCCN(CC)CC)CCOC(=O)C(CCCCCCC)CCCCCCC. The second-order valence-electron chi connectivity index (χ2n) is 16.1. The van der Waals surface area contributed by atoms with E-state index in [1.54, 1.807) is 0 Å². The van der Waals surface area contributed by atoms with Gasteiger partial charge in [0.1, 0.15) is 19.3 Å². The molecule has 0 amide bonds. The highest BCUT2D eigenvalue weighted by molar-refractivity contribution is 5.72. The average molecular weight is 797 g/mol. The van der Waals surface area contributed by atoms with Crippen LogP contribution in [-0.4, -0.2) is 93.1 Å². The van der Waals surface area contributed by atoms with Crippen molar-refractivity contribution in [2.24, 2.45) is 5.92 Å². The molecule has 0 aliphatic carbocycles. The Hall–Kier alpha value is -1.87. The maximum absolute atomic E-state index is 13.3. The number of carbonyl (C=O) groups is 3. The summed E-state index contributed by atoms with van der Waals surface area (Å²) in [4.78, 5) is 43.1.